The number of ether oxygens (including phenoxy) is 3. The van der Waals surface area contributed by atoms with Gasteiger partial charge in [-0.15, -0.1) is 0 Å². The average Bonchev–Trinajstić information content (AvgIpc) is 3.27. The Bertz CT molecular complexity index is 1260. The van der Waals surface area contributed by atoms with Gasteiger partial charge in [0, 0.05) is 17.5 Å². The Hall–Kier alpha value is -4.05. The molecule has 1 aliphatic rings. The maximum Gasteiger partial charge on any atom is 0.257 e. The summed E-state index contributed by atoms with van der Waals surface area (Å²) in [4.78, 5) is 15.5. The summed E-state index contributed by atoms with van der Waals surface area (Å²) in [6, 6.07) is 14.2. The molecule has 10 heteroatoms. The van der Waals surface area contributed by atoms with Gasteiger partial charge in [-0.1, -0.05) is 23.4 Å². The molecule has 0 fully saturated rings. The SMILES string of the molecule is COc1cc([C@H]2NC(=S)N(c3ccccc3)C(C)=C2C(=O)Nc2cc(C)on2)cc(OC)c1OC. The zero-order valence-electron chi connectivity index (χ0n) is 20.0. The van der Waals surface area contributed by atoms with Crippen molar-refractivity contribution in [3.8, 4) is 17.2 Å². The lowest BCUT2D eigenvalue weighted by Gasteiger charge is -2.38. The molecule has 0 saturated carbocycles. The van der Waals surface area contributed by atoms with Crippen LogP contribution in [-0.2, 0) is 4.79 Å². The Morgan fingerprint density at radius 1 is 1.06 bits per heavy atom. The second-order valence-corrected chi connectivity index (χ2v) is 8.17. The van der Waals surface area contributed by atoms with Crippen LogP contribution in [0.25, 0.3) is 0 Å². The molecule has 1 amide bonds. The maximum atomic E-state index is 13.6. The molecular formula is C25H26N4O5S. The Balaban J connectivity index is 1.86. The number of carbonyl (C=O) groups is 1. The Kier molecular flexibility index (Phi) is 6.92. The fourth-order valence-electron chi connectivity index (χ4n) is 4.05. The number of aromatic nitrogens is 1. The van der Waals surface area contributed by atoms with Gasteiger partial charge in [0.2, 0.25) is 5.75 Å². The van der Waals surface area contributed by atoms with E-state index < -0.39 is 6.04 Å². The largest absolute Gasteiger partial charge is 0.493 e. The quantitative estimate of drug-likeness (QED) is 0.464. The minimum Gasteiger partial charge on any atom is -0.493 e. The van der Waals surface area contributed by atoms with Crippen molar-refractivity contribution in [1.82, 2.24) is 10.5 Å². The van der Waals surface area contributed by atoms with E-state index in [1.54, 1.807) is 39.3 Å². The first kappa shape index (κ1) is 24.1. The van der Waals surface area contributed by atoms with Crippen molar-refractivity contribution in [3.05, 3.63) is 71.1 Å². The number of para-hydroxylation sites is 1. The smallest absolute Gasteiger partial charge is 0.257 e. The van der Waals surface area contributed by atoms with Gasteiger partial charge < -0.3 is 29.4 Å². The van der Waals surface area contributed by atoms with E-state index >= 15 is 0 Å². The first-order chi connectivity index (χ1) is 16.9. The van der Waals surface area contributed by atoms with E-state index in [9.17, 15) is 4.79 Å². The maximum absolute atomic E-state index is 13.6. The molecule has 1 atom stereocenters. The molecule has 2 aromatic carbocycles. The first-order valence-corrected chi connectivity index (χ1v) is 11.2. The van der Waals surface area contributed by atoms with Crippen LogP contribution in [0.3, 0.4) is 0 Å². The van der Waals surface area contributed by atoms with Gasteiger partial charge in [0.05, 0.1) is 32.9 Å². The van der Waals surface area contributed by atoms with Gasteiger partial charge in [-0.2, -0.15) is 0 Å². The number of rotatable bonds is 7. The molecule has 0 bridgehead atoms. The molecule has 9 nitrogen and oxygen atoms in total. The predicted molar refractivity (Wildman–Crippen MR) is 136 cm³/mol. The molecule has 4 rings (SSSR count). The molecule has 0 aliphatic carbocycles. The van der Waals surface area contributed by atoms with Crippen LogP contribution in [-0.4, -0.2) is 37.5 Å². The summed E-state index contributed by atoms with van der Waals surface area (Å²) in [7, 11) is 4.62. The van der Waals surface area contributed by atoms with Crippen molar-refractivity contribution in [3.63, 3.8) is 0 Å². The standard InChI is InChI=1S/C25H26N4O5S/c1-14-11-20(28-34-14)26-24(30)21-15(2)29(17-9-7-6-8-10-17)25(35)27-22(21)16-12-18(31-3)23(33-5)19(13-16)32-4/h6-13,22H,1-5H3,(H,27,35)(H,26,28,30)/t22-/m1/s1. The molecule has 1 aliphatic heterocycles. The third kappa shape index (κ3) is 4.65. The van der Waals surface area contributed by atoms with E-state index in [1.165, 1.54) is 7.11 Å². The minimum atomic E-state index is -0.607. The van der Waals surface area contributed by atoms with Crippen molar-refractivity contribution in [2.75, 3.05) is 31.5 Å². The van der Waals surface area contributed by atoms with Crippen molar-refractivity contribution >= 4 is 34.7 Å². The van der Waals surface area contributed by atoms with Gasteiger partial charge in [0.15, 0.2) is 22.4 Å². The number of allylic oxidation sites excluding steroid dienone is 1. The number of methoxy groups -OCH3 is 3. The highest BCUT2D eigenvalue weighted by Gasteiger charge is 2.36. The number of hydrogen-bond donors (Lipinski definition) is 2. The zero-order valence-corrected chi connectivity index (χ0v) is 20.9. The van der Waals surface area contributed by atoms with Crippen LogP contribution in [0.2, 0.25) is 0 Å². The molecule has 2 N–H and O–H groups in total. The van der Waals surface area contributed by atoms with Crippen LogP contribution < -0.4 is 29.7 Å². The molecule has 2 heterocycles. The predicted octanol–water partition coefficient (Wildman–Crippen LogP) is 4.36. The molecule has 0 radical (unpaired) electrons. The number of hydrogen-bond acceptors (Lipinski definition) is 7. The van der Waals surface area contributed by atoms with Gasteiger partial charge >= 0.3 is 0 Å². The number of anilines is 2. The third-order valence-electron chi connectivity index (χ3n) is 5.63. The van der Waals surface area contributed by atoms with Gasteiger partial charge in [0.1, 0.15) is 5.76 Å². The van der Waals surface area contributed by atoms with Gasteiger partial charge in [0.25, 0.3) is 5.91 Å². The molecule has 1 aromatic heterocycles. The molecule has 0 saturated heterocycles. The van der Waals surface area contributed by atoms with E-state index in [0.717, 1.165) is 5.69 Å². The molecule has 35 heavy (non-hydrogen) atoms. The molecule has 0 unspecified atom stereocenters. The lowest BCUT2D eigenvalue weighted by molar-refractivity contribution is -0.113. The topological polar surface area (TPSA) is 98.1 Å². The number of carbonyl (C=O) groups excluding carboxylic acids is 1. The summed E-state index contributed by atoms with van der Waals surface area (Å²) in [5, 5.41) is 10.5. The van der Waals surface area contributed by atoms with E-state index in [4.69, 9.17) is 31.0 Å². The van der Waals surface area contributed by atoms with E-state index in [1.807, 2.05) is 42.2 Å². The zero-order chi connectivity index (χ0) is 25.1. The van der Waals surface area contributed by atoms with E-state index in [0.29, 0.717) is 50.8 Å². The fourth-order valence-corrected chi connectivity index (χ4v) is 4.41. The lowest BCUT2D eigenvalue weighted by Crippen LogP contribution is -2.48. The summed E-state index contributed by atoms with van der Waals surface area (Å²) in [5.41, 5.74) is 2.64. The molecule has 0 spiro atoms. The lowest BCUT2D eigenvalue weighted by atomic mass is 9.93. The van der Waals surface area contributed by atoms with Crippen molar-refractivity contribution in [2.24, 2.45) is 0 Å². The molecule has 3 aromatic rings. The Morgan fingerprint density at radius 2 is 1.71 bits per heavy atom. The van der Waals surface area contributed by atoms with Crippen LogP contribution in [0.15, 0.2) is 64.3 Å². The average molecular weight is 495 g/mol. The van der Waals surface area contributed by atoms with Crippen LogP contribution in [0.4, 0.5) is 11.5 Å². The minimum absolute atomic E-state index is 0.316. The van der Waals surface area contributed by atoms with Gasteiger partial charge in [-0.25, -0.2) is 0 Å². The summed E-state index contributed by atoms with van der Waals surface area (Å²) >= 11 is 5.74. The van der Waals surface area contributed by atoms with Crippen LogP contribution >= 0.6 is 12.2 Å². The highest BCUT2D eigenvalue weighted by Crippen LogP contribution is 2.42. The number of aryl methyl sites for hydroxylation is 1. The van der Waals surface area contributed by atoms with Crippen LogP contribution in [0.5, 0.6) is 17.2 Å². The van der Waals surface area contributed by atoms with Crippen molar-refractivity contribution < 1.29 is 23.5 Å². The molecule has 182 valence electrons. The number of amides is 1. The fraction of sp³-hybridized carbons (Fsp3) is 0.240. The highest BCUT2D eigenvalue weighted by atomic mass is 32.1. The summed E-state index contributed by atoms with van der Waals surface area (Å²) in [6.45, 7) is 3.61. The summed E-state index contributed by atoms with van der Waals surface area (Å²) in [5.74, 6) is 1.92. The van der Waals surface area contributed by atoms with Crippen LogP contribution in [0.1, 0.15) is 24.3 Å². The Labute approximate surface area is 208 Å². The van der Waals surface area contributed by atoms with Crippen molar-refractivity contribution in [1.29, 1.82) is 0 Å². The summed E-state index contributed by atoms with van der Waals surface area (Å²) in [6.07, 6.45) is 0. The normalized spacial score (nSPS) is 15.5. The van der Waals surface area contributed by atoms with Gasteiger partial charge in [-0.3, -0.25) is 9.69 Å². The monoisotopic (exact) mass is 494 g/mol. The number of nitrogens with zero attached hydrogens (tertiary/aromatic N) is 2. The second kappa shape index (κ2) is 10.1. The Morgan fingerprint density at radius 3 is 2.26 bits per heavy atom. The third-order valence-corrected chi connectivity index (χ3v) is 5.93. The van der Waals surface area contributed by atoms with E-state index in [-0.39, 0.29) is 5.91 Å². The highest BCUT2D eigenvalue weighted by molar-refractivity contribution is 7.80. The second-order valence-electron chi connectivity index (χ2n) is 7.79. The summed E-state index contributed by atoms with van der Waals surface area (Å²) < 4.78 is 21.6. The number of benzene rings is 2. The van der Waals surface area contributed by atoms with E-state index in [2.05, 4.69) is 15.8 Å². The van der Waals surface area contributed by atoms with Crippen LogP contribution in [0, 0.1) is 6.92 Å². The number of nitrogens with one attached hydrogen (secondary N) is 2. The van der Waals surface area contributed by atoms with Gasteiger partial charge in [-0.05, 0) is 55.9 Å². The first-order valence-electron chi connectivity index (χ1n) is 10.8. The number of thiocarbonyl (C=S) groups is 1. The van der Waals surface area contributed by atoms with Crippen molar-refractivity contribution in [2.45, 2.75) is 19.9 Å². The molecular weight excluding hydrogens is 468 g/mol.